The molecule has 7 nitrogen and oxygen atoms in total. The monoisotopic (exact) mass is 355 g/mol. The van der Waals surface area contributed by atoms with Gasteiger partial charge in [0.15, 0.2) is 0 Å². The van der Waals surface area contributed by atoms with Gasteiger partial charge >= 0.3 is 0 Å². The van der Waals surface area contributed by atoms with E-state index in [9.17, 15) is 13.2 Å². The molecular weight excluding hydrogens is 330 g/mol. The van der Waals surface area contributed by atoms with E-state index in [4.69, 9.17) is 4.74 Å². The number of hydrogen-bond donors (Lipinski definition) is 1. The minimum absolute atomic E-state index is 0.0478. The number of ether oxygens (including phenoxy) is 1. The van der Waals surface area contributed by atoms with E-state index in [1.165, 1.54) is 0 Å². The Kier molecular flexibility index (Phi) is 6.06. The summed E-state index contributed by atoms with van der Waals surface area (Å²) in [6.45, 7) is 6.01. The van der Waals surface area contributed by atoms with Gasteiger partial charge in [0.05, 0.1) is 30.8 Å². The molecule has 1 heterocycles. The summed E-state index contributed by atoms with van der Waals surface area (Å²) >= 11 is 0. The predicted octanol–water partition coefficient (Wildman–Crippen LogP) is 0.814. The van der Waals surface area contributed by atoms with Gasteiger partial charge < -0.3 is 15.0 Å². The molecule has 1 aromatic rings. The molecule has 2 rings (SSSR count). The summed E-state index contributed by atoms with van der Waals surface area (Å²) in [4.78, 5) is 14.2. The van der Waals surface area contributed by atoms with Gasteiger partial charge in [-0.3, -0.25) is 9.10 Å². The Hall–Kier alpha value is -1.80. The van der Waals surface area contributed by atoms with Crippen LogP contribution < -0.4 is 14.5 Å². The van der Waals surface area contributed by atoms with E-state index in [-0.39, 0.29) is 18.5 Å². The smallest absolute Gasteiger partial charge is 0.240 e. The summed E-state index contributed by atoms with van der Waals surface area (Å²) in [5.74, 6) is -0.327. The Balaban J connectivity index is 2.34. The molecule has 1 aromatic carbocycles. The molecule has 1 aliphatic rings. The van der Waals surface area contributed by atoms with E-state index in [0.29, 0.717) is 32.0 Å². The fourth-order valence-electron chi connectivity index (χ4n) is 2.63. The van der Waals surface area contributed by atoms with Crippen molar-refractivity contribution in [3.8, 4) is 0 Å². The summed E-state index contributed by atoms with van der Waals surface area (Å²) in [6.07, 6.45) is 1.12. The molecular formula is C16H25N3O4S. The number of hydrogen-bond acceptors (Lipinski definition) is 5. The van der Waals surface area contributed by atoms with E-state index >= 15 is 0 Å². The lowest BCUT2D eigenvalue weighted by molar-refractivity contribution is -0.120. The lowest BCUT2D eigenvalue weighted by Crippen LogP contribution is -2.44. The highest BCUT2D eigenvalue weighted by Crippen LogP contribution is 2.31. The van der Waals surface area contributed by atoms with Gasteiger partial charge in [-0.05, 0) is 26.0 Å². The molecule has 134 valence electrons. The highest BCUT2D eigenvalue weighted by molar-refractivity contribution is 7.92. The summed E-state index contributed by atoms with van der Waals surface area (Å²) < 4.78 is 31.1. The lowest BCUT2D eigenvalue weighted by Gasteiger charge is -2.33. The Labute approximate surface area is 143 Å². The zero-order valence-corrected chi connectivity index (χ0v) is 15.2. The first-order chi connectivity index (χ1) is 11.3. The fourth-order valence-corrected chi connectivity index (χ4v) is 3.49. The van der Waals surface area contributed by atoms with E-state index in [0.717, 1.165) is 16.2 Å². The van der Waals surface area contributed by atoms with Crippen LogP contribution in [0.3, 0.4) is 0 Å². The molecule has 0 atom stereocenters. The third-order valence-electron chi connectivity index (χ3n) is 3.64. The Morgan fingerprint density at radius 2 is 1.92 bits per heavy atom. The number of anilines is 2. The maximum Gasteiger partial charge on any atom is 0.240 e. The molecule has 1 saturated heterocycles. The zero-order valence-electron chi connectivity index (χ0n) is 14.4. The summed E-state index contributed by atoms with van der Waals surface area (Å²) in [5, 5.41) is 2.74. The van der Waals surface area contributed by atoms with Crippen molar-refractivity contribution in [1.82, 2.24) is 5.32 Å². The average molecular weight is 355 g/mol. The largest absolute Gasteiger partial charge is 0.378 e. The van der Waals surface area contributed by atoms with Gasteiger partial charge in [0.25, 0.3) is 0 Å². The maximum atomic E-state index is 12.3. The number of sulfonamides is 1. The van der Waals surface area contributed by atoms with Crippen LogP contribution in [0.4, 0.5) is 11.4 Å². The highest BCUT2D eigenvalue weighted by Gasteiger charge is 2.25. The van der Waals surface area contributed by atoms with Gasteiger partial charge in [-0.25, -0.2) is 8.42 Å². The van der Waals surface area contributed by atoms with Crippen molar-refractivity contribution in [3.63, 3.8) is 0 Å². The number of amides is 1. The molecule has 0 aromatic heterocycles. The standard InChI is InChI=1S/C16H25N3O4S/c1-13(2)17-16(20)12-19(24(3,21)22)15-7-5-4-6-14(15)18-8-10-23-11-9-18/h4-7,13H,8-12H2,1-3H3,(H,17,20). The van der Waals surface area contributed by atoms with Crippen LogP contribution in [-0.2, 0) is 19.6 Å². The van der Waals surface area contributed by atoms with E-state index < -0.39 is 10.0 Å². The average Bonchev–Trinajstić information content (AvgIpc) is 2.52. The van der Waals surface area contributed by atoms with E-state index in [1.807, 2.05) is 26.0 Å². The van der Waals surface area contributed by atoms with Crippen molar-refractivity contribution < 1.29 is 17.9 Å². The van der Waals surface area contributed by atoms with Crippen molar-refractivity contribution >= 4 is 27.3 Å². The van der Waals surface area contributed by atoms with Crippen molar-refractivity contribution in [2.75, 3.05) is 48.3 Å². The first kappa shape index (κ1) is 18.5. The van der Waals surface area contributed by atoms with Crippen molar-refractivity contribution in [1.29, 1.82) is 0 Å². The second-order valence-corrected chi connectivity index (χ2v) is 7.99. The first-order valence-electron chi connectivity index (χ1n) is 7.98. The molecule has 0 bridgehead atoms. The third-order valence-corrected chi connectivity index (χ3v) is 4.77. The summed E-state index contributed by atoms with van der Waals surface area (Å²) in [7, 11) is -3.60. The SMILES string of the molecule is CC(C)NC(=O)CN(c1ccccc1N1CCOCC1)S(C)(=O)=O. The molecule has 1 amide bonds. The Morgan fingerprint density at radius 3 is 2.50 bits per heavy atom. The second kappa shape index (κ2) is 7.85. The number of carbonyl (C=O) groups is 1. The molecule has 1 N–H and O–H groups in total. The van der Waals surface area contributed by atoms with Gasteiger partial charge in [0.2, 0.25) is 15.9 Å². The van der Waals surface area contributed by atoms with Gasteiger partial charge in [-0.1, -0.05) is 12.1 Å². The Bertz CT molecular complexity index is 670. The zero-order chi connectivity index (χ0) is 17.7. The summed E-state index contributed by atoms with van der Waals surface area (Å²) in [6, 6.07) is 7.20. The third kappa shape index (κ3) is 4.85. The van der Waals surface area contributed by atoms with Gasteiger partial charge in [-0.15, -0.1) is 0 Å². The van der Waals surface area contributed by atoms with Gasteiger partial charge in [-0.2, -0.15) is 0 Å². The highest BCUT2D eigenvalue weighted by atomic mass is 32.2. The molecule has 0 unspecified atom stereocenters. The molecule has 1 aliphatic heterocycles. The first-order valence-corrected chi connectivity index (χ1v) is 9.82. The van der Waals surface area contributed by atoms with Crippen molar-refractivity contribution in [3.05, 3.63) is 24.3 Å². The minimum atomic E-state index is -3.60. The van der Waals surface area contributed by atoms with Gasteiger partial charge in [0.1, 0.15) is 6.54 Å². The normalized spacial score (nSPS) is 15.4. The number of para-hydroxylation sites is 2. The topological polar surface area (TPSA) is 79.0 Å². The number of rotatable bonds is 6. The van der Waals surface area contributed by atoms with Crippen LogP contribution in [0.5, 0.6) is 0 Å². The Morgan fingerprint density at radius 1 is 1.29 bits per heavy atom. The van der Waals surface area contributed by atoms with Crippen LogP contribution >= 0.6 is 0 Å². The van der Waals surface area contributed by atoms with E-state index in [1.54, 1.807) is 12.1 Å². The van der Waals surface area contributed by atoms with Gasteiger partial charge in [0, 0.05) is 19.1 Å². The lowest BCUT2D eigenvalue weighted by atomic mass is 10.2. The van der Waals surface area contributed by atoms with E-state index in [2.05, 4.69) is 10.2 Å². The van der Waals surface area contributed by atoms with Crippen LogP contribution in [-0.4, -0.2) is 59.5 Å². The van der Waals surface area contributed by atoms with Crippen molar-refractivity contribution in [2.45, 2.75) is 19.9 Å². The number of morpholine rings is 1. The molecule has 1 fully saturated rings. The molecule has 0 spiro atoms. The molecule has 0 aliphatic carbocycles. The summed E-state index contributed by atoms with van der Waals surface area (Å²) in [5.41, 5.74) is 1.31. The fraction of sp³-hybridized carbons (Fsp3) is 0.562. The van der Waals surface area contributed by atoms with Crippen LogP contribution in [0.15, 0.2) is 24.3 Å². The number of nitrogens with one attached hydrogen (secondary N) is 1. The number of nitrogens with zero attached hydrogens (tertiary/aromatic N) is 2. The van der Waals surface area contributed by atoms with Crippen LogP contribution in [0.2, 0.25) is 0 Å². The predicted molar refractivity (Wildman–Crippen MR) is 94.9 cm³/mol. The molecule has 24 heavy (non-hydrogen) atoms. The number of carbonyl (C=O) groups excluding carboxylic acids is 1. The minimum Gasteiger partial charge on any atom is -0.378 e. The molecule has 0 radical (unpaired) electrons. The number of benzene rings is 1. The second-order valence-electron chi connectivity index (χ2n) is 6.08. The quantitative estimate of drug-likeness (QED) is 0.817. The van der Waals surface area contributed by atoms with Crippen molar-refractivity contribution in [2.24, 2.45) is 0 Å². The maximum absolute atomic E-state index is 12.3. The van der Waals surface area contributed by atoms with Crippen LogP contribution in [0, 0.1) is 0 Å². The van der Waals surface area contributed by atoms with Crippen LogP contribution in [0.25, 0.3) is 0 Å². The molecule has 8 heteroatoms. The van der Waals surface area contributed by atoms with Crippen LogP contribution in [0.1, 0.15) is 13.8 Å². The molecule has 0 saturated carbocycles.